The fourth-order valence-electron chi connectivity index (χ4n) is 2.65. The number of rotatable bonds is 6. The lowest BCUT2D eigenvalue weighted by molar-refractivity contribution is 1.12. The zero-order valence-corrected chi connectivity index (χ0v) is 12.8. The second-order valence-electron chi connectivity index (χ2n) is 4.99. The van der Waals surface area contributed by atoms with Crippen molar-refractivity contribution in [1.29, 1.82) is 0 Å². The van der Waals surface area contributed by atoms with Crippen LogP contribution >= 0.6 is 0 Å². The van der Waals surface area contributed by atoms with Gasteiger partial charge in [0.05, 0.1) is 0 Å². The maximum atomic E-state index is 4.33. The lowest BCUT2D eigenvalue weighted by atomic mass is 9.92. The summed E-state index contributed by atoms with van der Waals surface area (Å²) in [5.41, 5.74) is 8.08. The molecule has 1 rings (SSSR count). The Morgan fingerprint density at radius 3 is 2.42 bits per heavy atom. The lowest BCUT2D eigenvalue weighted by Crippen LogP contribution is -1.93. The zero-order valence-electron chi connectivity index (χ0n) is 12.8. The standard InChI is InChI=1S/C19H26/c1-7-10-13-18-14(4)15(5)19(16(18)6)17(11-8-2)12-9-3/h7-8,10,12H,2,6,9,11,13H2,1,3-5H3/b10-7-,17-12-. The predicted molar refractivity (Wildman–Crippen MR) is 87.2 cm³/mol. The zero-order chi connectivity index (χ0) is 14.4. The van der Waals surface area contributed by atoms with Gasteiger partial charge in [0, 0.05) is 0 Å². The Kier molecular flexibility index (Phi) is 5.82. The minimum Gasteiger partial charge on any atom is -0.103 e. The maximum Gasteiger partial charge on any atom is -0.00889 e. The van der Waals surface area contributed by atoms with Crippen molar-refractivity contribution in [3.05, 3.63) is 70.9 Å². The largest absolute Gasteiger partial charge is 0.103 e. The SMILES string of the molecule is C=CC/C(=C/CC)C1=C(C)C(C)=C(C/C=C\C)C1=C. The van der Waals surface area contributed by atoms with Crippen LogP contribution in [-0.2, 0) is 0 Å². The maximum absolute atomic E-state index is 4.33. The van der Waals surface area contributed by atoms with Crippen molar-refractivity contribution in [2.75, 3.05) is 0 Å². The van der Waals surface area contributed by atoms with E-state index >= 15 is 0 Å². The van der Waals surface area contributed by atoms with Crippen LogP contribution in [0.3, 0.4) is 0 Å². The highest BCUT2D eigenvalue weighted by molar-refractivity contribution is 5.68. The van der Waals surface area contributed by atoms with Crippen LogP contribution in [0, 0.1) is 0 Å². The van der Waals surface area contributed by atoms with Crippen LogP contribution in [0.25, 0.3) is 0 Å². The predicted octanol–water partition coefficient (Wildman–Crippen LogP) is 6.07. The molecule has 0 aromatic carbocycles. The van der Waals surface area contributed by atoms with E-state index in [1.165, 1.54) is 33.4 Å². The molecule has 0 amide bonds. The molecule has 0 aliphatic heterocycles. The summed E-state index contributed by atoms with van der Waals surface area (Å²) in [5, 5.41) is 0. The van der Waals surface area contributed by atoms with Crippen LogP contribution in [0.4, 0.5) is 0 Å². The summed E-state index contributed by atoms with van der Waals surface area (Å²) in [6.45, 7) is 16.9. The summed E-state index contributed by atoms with van der Waals surface area (Å²) >= 11 is 0. The molecular weight excluding hydrogens is 228 g/mol. The molecule has 19 heavy (non-hydrogen) atoms. The monoisotopic (exact) mass is 254 g/mol. The second kappa shape index (κ2) is 7.13. The molecule has 0 saturated heterocycles. The summed E-state index contributed by atoms with van der Waals surface area (Å²) in [4.78, 5) is 0. The van der Waals surface area contributed by atoms with E-state index in [9.17, 15) is 0 Å². The Morgan fingerprint density at radius 1 is 1.21 bits per heavy atom. The molecule has 0 nitrogen and oxygen atoms in total. The number of hydrogen-bond acceptors (Lipinski definition) is 0. The second-order valence-corrected chi connectivity index (χ2v) is 4.99. The van der Waals surface area contributed by atoms with Crippen LogP contribution in [0.2, 0.25) is 0 Å². The van der Waals surface area contributed by atoms with E-state index < -0.39 is 0 Å². The van der Waals surface area contributed by atoms with E-state index in [0.717, 1.165) is 19.3 Å². The smallest absolute Gasteiger partial charge is 0.00889 e. The summed E-state index contributed by atoms with van der Waals surface area (Å²) < 4.78 is 0. The van der Waals surface area contributed by atoms with Crippen molar-refractivity contribution in [3.63, 3.8) is 0 Å². The first-order valence-corrected chi connectivity index (χ1v) is 7.10. The first kappa shape index (κ1) is 15.5. The fourth-order valence-corrected chi connectivity index (χ4v) is 2.65. The highest BCUT2D eigenvalue weighted by atomic mass is 14.3. The Balaban J connectivity index is 3.16. The van der Waals surface area contributed by atoms with E-state index in [4.69, 9.17) is 0 Å². The molecule has 0 aromatic heterocycles. The van der Waals surface area contributed by atoms with E-state index in [2.05, 4.69) is 59.1 Å². The molecule has 1 aliphatic carbocycles. The first-order chi connectivity index (χ1) is 9.08. The van der Waals surface area contributed by atoms with Gasteiger partial charge in [-0.1, -0.05) is 37.8 Å². The van der Waals surface area contributed by atoms with Crippen LogP contribution in [0.1, 0.15) is 47.0 Å². The Bertz CT molecular complexity index is 490. The third kappa shape index (κ3) is 3.26. The summed E-state index contributed by atoms with van der Waals surface area (Å²) in [5.74, 6) is 0. The third-order valence-electron chi connectivity index (χ3n) is 3.75. The quantitative estimate of drug-likeness (QED) is 0.505. The third-order valence-corrected chi connectivity index (χ3v) is 3.75. The topological polar surface area (TPSA) is 0 Å². The van der Waals surface area contributed by atoms with Crippen molar-refractivity contribution in [3.8, 4) is 0 Å². The van der Waals surface area contributed by atoms with Gasteiger partial charge in [0.2, 0.25) is 0 Å². The van der Waals surface area contributed by atoms with Gasteiger partial charge in [-0.05, 0) is 73.5 Å². The van der Waals surface area contributed by atoms with Gasteiger partial charge in [-0.15, -0.1) is 6.58 Å². The van der Waals surface area contributed by atoms with E-state index in [-0.39, 0.29) is 0 Å². The molecule has 0 radical (unpaired) electrons. The normalized spacial score (nSPS) is 17.1. The van der Waals surface area contributed by atoms with Crippen molar-refractivity contribution >= 4 is 0 Å². The Labute approximate surface area is 118 Å². The summed E-state index contributed by atoms with van der Waals surface area (Å²) in [6.07, 6.45) is 11.5. The van der Waals surface area contributed by atoms with Crippen molar-refractivity contribution in [2.45, 2.75) is 47.0 Å². The molecular formula is C19H26. The molecule has 0 aromatic rings. The first-order valence-electron chi connectivity index (χ1n) is 7.10. The molecule has 0 saturated carbocycles. The number of hydrogen-bond donors (Lipinski definition) is 0. The van der Waals surface area contributed by atoms with Gasteiger partial charge in [0.15, 0.2) is 0 Å². The Hall–Kier alpha value is -1.56. The van der Waals surface area contributed by atoms with Crippen LogP contribution in [0.15, 0.2) is 70.9 Å². The van der Waals surface area contributed by atoms with Crippen molar-refractivity contribution < 1.29 is 0 Å². The molecule has 0 spiro atoms. The minimum atomic E-state index is 0.920. The van der Waals surface area contributed by atoms with E-state index in [1.807, 2.05) is 6.08 Å². The van der Waals surface area contributed by atoms with E-state index in [1.54, 1.807) is 0 Å². The summed E-state index contributed by atoms with van der Waals surface area (Å²) in [6, 6.07) is 0. The summed E-state index contributed by atoms with van der Waals surface area (Å²) in [7, 11) is 0. The van der Waals surface area contributed by atoms with Gasteiger partial charge >= 0.3 is 0 Å². The van der Waals surface area contributed by atoms with Crippen LogP contribution in [0.5, 0.6) is 0 Å². The molecule has 102 valence electrons. The average molecular weight is 254 g/mol. The highest BCUT2D eigenvalue weighted by Crippen LogP contribution is 2.42. The van der Waals surface area contributed by atoms with Crippen molar-refractivity contribution in [2.24, 2.45) is 0 Å². The van der Waals surface area contributed by atoms with Gasteiger partial charge in [0.25, 0.3) is 0 Å². The van der Waals surface area contributed by atoms with Crippen LogP contribution < -0.4 is 0 Å². The molecule has 0 atom stereocenters. The van der Waals surface area contributed by atoms with Crippen LogP contribution in [-0.4, -0.2) is 0 Å². The number of allylic oxidation sites excluding steroid dienone is 10. The molecule has 0 unspecified atom stereocenters. The molecule has 0 heterocycles. The molecule has 0 fully saturated rings. The van der Waals surface area contributed by atoms with Gasteiger partial charge in [-0.3, -0.25) is 0 Å². The molecule has 0 heteroatoms. The van der Waals surface area contributed by atoms with E-state index in [0.29, 0.717) is 0 Å². The van der Waals surface area contributed by atoms with Gasteiger partial charge < -0.3 is 0 Å². The highest BCUT2D eigenvalue weighted by Gasteiger charge is 2.23. The van der Waals surface area contributed by atoms with Gasteiger partial charge in [-0.2, -0.15) is 0 Å². The fraction of sp³-hybridized carbons (Fsp3) is 0.368. The van der Waals surface area contributed by atoms with Crippen molar-refractivity contribution in [1.82, 2.24) is 0 Å². The average Bonchev–Trinajstić information content (AvgIpc) is 2.59. The molecule has 0 bridgehead atoms. The van der Waals surface area contributed by atoms with Gasteiger partial charge in [0.1, 0.15) is 0 Å². The molecule has 0 N–H and O–H groups in total. The van der Waals surface area contributed by atoms with Gasteiger partial charge in [-0.25, -0.2) is 0 Å². The Morgan fingerprint density at radius 2 is 1.89 bits per heavy atom. The minimum absolute atomic E-state index is 0.920. The molecule has 1 aliphatic rings. The lowest BCUT2D eigenvalue weighted by Gasteiger charge is -2.12.